The van der Waals surface area contributed by atoms with E-state index in [2.05, 4.69) is 19.7 Å². The van der Waals surface area contributed by atoms with E-state index >= 15 is 0 Å². The number of thioether (sulfide) groups is 2. The second-order valence-electron chi connectivity index (χ2n) is 7.26. The van der Waals surface area contributed by atoms with Crippen molar-refractivity contribution in [2.75, 3.05) is 18.1 Å². The molecule has 9 heteroatoms. The Morgan fingerprint density at radius 2 is 1.97 bits per heavy atom. The zero-order valence-electron chi connectivity index (χ0n) is 16.1. The number of aromatic nitrogens is 4. The van der Waals surface area contributed by atoms with Gasteiger partial charge >= 0.3 is 0 Å². The lowest BCUT2D eigenvalue weighted by molar-refractivity contribution is -0.128. The smallest absolute Gasteiger partial charge is 0.234 e. The summed E-state index contributed by atoms with van der Waals surface area (Å²) in [5.74, 6) is 1.61. The first-order chi connectivity index (χ1) is 14.7. The van der Waals surface area contributed by atoms with Crippen LogP contribution >= 0.6 is 23.5 Å². The highest BCUT2D eigenvalue weighted by Gasteiger charge is 2.34. The third-order valence-electron chi connectivity index (χ3n) is 5.22. The summed E-state index contributed by atoms with van der Waals surface area (Å²) in [6.07, 6.45) is 5.67. The molecule has 3 aromatic rings. The number of carbonyl (C=O) groups excluding carboxylic acids is 1. The minimum absolute atomic E-state index is 0.00550. The van der Waals surface area contributed by atoms with E-state index in [9.17, 15) is 9.18 Å². The molecule has 6 nitrogen and oxygen atoms in total. The van der Waals surface area contributed by atoms with Gasteiger partial charge in [0, 0.05) is 41.9 Å². The molecule has 1 aliphatic carbocycles. The number of rotatable bonds is 6. The Labute approximate surface area is 182 Å². The molecule has 154 valence electrons. The molecule has 5 rings (SSSR count). The minimum atomic E-state index is -0.270. The van der Waals surface area contributed by atoms with Gasteiger partial charge in [0.05, 0.1) is 5.75 Å². The van der Waals surface area contributed by atoms with Crippen molar-refractivity contribution in [3.63, 3.8) is 0 Å². The van der Waals surface area contributed by atoms with E-state index in [1.807, 2.05) is 18.2 Å². The molecule has 0 radical (unpaired) electrons. The van der Waals surface area contributed by atoms with Gasteiger partial charge in [-0.2, -0.15) is 0 Å². The average molecular weight is 442 g/mol. The summed E-state index contributed by atoms with van der Waals surface area (Å²) in [6, 6.07) is 10.9. The van der Waals surface area contributed by atoms with Crippen LogP contribution in [-0.2, 0) is 4.79 Å². The van der Waals surface area contributed by atoms with Gasteiger partial charge in [0.15, 0.2) is 11.0 Å². The maximum absolute atomic E-state index is 14.3. The summed E-state index contributed by atoms with van der Waals surface area (Å²) < 4.78 is 16.4. The van der Waals surface area contributed by atoms with Gasteiger partial charge in [-0.15, -0.1) is 22.0 Å². The van der Waals surface area contributed by atoms with Gasteiger partial charge in [0.2, 0.25) is 5.91 Å². The van der Waals surface area contributed by atoms with Crippen molar-refractivity contribution in [2.24, 2.45) is 0 Å². The van der Waals surface area contributed by atoms with E-state index in [1.165, 1.54) is 17.8 Å². The Bertz CT molecular complexity index is 1060. The Morgan fingerprint density at radius 1 is 1.17 bits per heavy atom. The van der Waals surface area contributed by atoms with Crippen molar-refractivity contribution in [3.05, 3.63) is 60.2 Å². The molecule has 1 aromatic carbocycles. The SMILES string of the molecule is O=C(CSc1nnc(-c2ccncc2)n1C1CC1)N1CCS[C@@H]1c1ccccc1F. The summed E-state index contributed by atoms with van der Waals surface area (Å²) >= 11 is 3.01. The van der Waals surface area contributed by atoms with Crippen molar-refractivity contribution in [1.82, 2.24) is 24.6 Å². The number of carbonyl (C=O) groups is 1. The van der Waals surface area contributed by atoms with E-state index in [0.717, 1.165) is 35.1 Å². The standard InChI is InChI=1S/C21H20FN5OS2/c22-17-4-2-1-3-16(17)20-26(11-12-29-20)18(28)13-30-21-25-24-19(27(21)15-5-6-15)14-7-9-23-10-8-14/h1-4,7-10,15,20H,5-6,11-13H2/t20-/m1/s1. The summed E-state index contributed by atoms with van der Waals surface area (Å²) in [4.78, 5) is 18.8. The largest absolute Gasteiger partial charge is 0.325 e. The van der Waals surface area contributed by atoms with Crippen molar-refractivity contribution >= 4 is 29.4 Å². The predicted octanol–water partition coefficient (Wildman–Crippen LogP) is 4.18. The summed E-state index contributed by atoms with van der Waals surface area (Å²) in [5.41, 5.74) is 1.54. The topological polar surface area (TPSA) is 63.9 Å². The number of nitrogens with zero attached hydrogens (tertiary/aromatic N) is 5. The number of benzene rings is 1. The number of pyridine rings is 1. The van der Waals surface area contributed by atoms with E-state index in [4.69, 9.17) is 0 Å². The van der Waals surface area contributed by atoms with E-state index in [1.54, 1.807) is 41.2 Å². The highest BCUT2D eigenvalue weighted by molar-refractivity contribution is 8.00. The predicted molar refractivity (Wildman–Crippen MR) is 116 cm³/mol. The van der Waals surface area contributed by atoms with E-state index in [-0.39, 0.29) is 22.9 Å². The number of hydrogen-bond donors (Lipinski definition) is 0. The first-order valence-corrected chi connectivity index (χ1v) is 11.9. The van der Waals surface area contributed by atoms with Crippen molar-refractivity contribution in [2.45, 2.75) is 29.4 Å². The van der Waals surface area contributed by atoms with Crippen LogP contribution in [0.3, 0.4) is 0 Å². The van der Waals surface area contributed by atoms with Gasteiger partial charge in [-0.05, 0) is 31.0 Å². The fourth-order valence-electron chi connectivity index (χ4n) is 3.60. The van der Waals surface area contributed by atoms with Crippen LogP contribution in [0.4, 0.5) is 4.39 Å². The van der Waals surface area contributed by atoms with Crippen LogP contribution in [0, 0.1) is 5.82 Å². The Morgan fingerprint density at radius 3 is 2.73 bits per heavy atom. The molecule has 2 aromatic heterocycles. The number of halogens is 1. The van der Waals surface area contributed by atoms with Gasteiger partial charge in [-0.3, -0.25) is 14.3 Å². The van der Waals surface area contributed by atoms with Crippen LogP contribution in [-0.4, -0.2) is 48.6 Å². The zero-order chi connectivity index (χ0) is 20.5. The number of hydrogen-bond acceptors (Lipinski definition) is 6. The lowest BCUT2D eigenvalue weighted by Crippen LogP contribution is -2.32. The number of amides is 1. The van der Waals surface area contributed by atoms with Gasteiger partial charge < -0.3 is 4.90 Å². The molecular formula is C21H20FN5OS2. The summed E-state index contributed by atoms with van der Waals surface area (Å²) in [5, 5.41) is 9.23. The molecule has 1 atom stereocenters. The second kappa shape index (κ2) is 8.39. The molecule has 1 saturated heterocycles. The van der Waals surface area contributed by atoms with Crippen molar-refractivity contribution in [1.29, 1.82) is 0 Å². The van der Waals surface area contributed by atoms with Crippen LogP contribution in [0.25, 0.3) is 11.4 Å². The van der Waals surface area contributed by atoms with Gasteiger partial charge in [0.25, 0.3) is 0 Å². The Hall–Kier alpha value is -2.39. The maximum atomic E-state index is 14.3. The highest BCUT2D eigenvalue weighted by Crippen LogP contribution is 2.42. The first-order valence-electron chi connectivity index (χ1n) is 9.86. The fraction of sp³-hybridized carbons (Fsp3) is 0.333. The monoisotopic (exact) mass is 441 g/mol. The molecule has 1 amide bonds. The molecule has 0 N–H and O–H groups in total. The molecule has 1 aliphatic heterocycles. The molecule has 2 fully saturated rings. The zero-order valence-corrected chi connectivity index (χ0v) is 17.8. The van der Waals surface area contributed by atoms with E-state index < -0.39 is 0 Å². The lowest BCUT2D eigenvalue weighted by atomic mass is 10.2. The molecule has 2 aliphatic rings. The van der Waals surface area contributed by atoms with Crippen LogP contribution in [0.5, 0.6) is 0 Å². The van der Waals surface area contributed by atoms with Crippen LogP contribution < -0.4 is 0 Å². The van der Waals surface area contributed by atoms with Gasteiger partial charge in [-0.25, -0.2) is 4.39 Å². The van der Waals surface area contributed by atoms with Gasteiger partial charge in [0.1, 0.15) is 11.2 Å². The van der Waals surface area contributed by atoms with E-state index in [0.29, 0.717) is 18.2 Å². The lowest BCUT2D eigenvalue weighted by Gasteiger charge is -2.24. The molecule has 0 bridgehead atoms. The molecule has 1 saturated carbocycles. The fourth-order valence-corrected chi connectivity index (χ4v) is 5.79. The first kappa shape index (κ1) is 19.6. The van der Waals surface area contributed by atoms with Crippen LogP contribution in [0.15, 0.2) is 53.9 Å². The third-order valence-corrected chi connectivity index (χ3v) is 7.39. The molecule has 0 spiro atoms. The second-order valence-corrected chi connectivity index (χ2v) is 9.39. The molecule has 0 unspecified atom stereocenters. The third kappa shape index (κ3) is 3.83. The molecular weight excluding hydrogens is 421 g/mol. The highest BCUT2D eigenvalue weighted by atomic mass is 32.2. The van der Waals surface area contributed by atoms with Crippen LogP contribution in [0.1, 0.15) is 29.8 Å². The normalized spacial score (nSPS) is 18.7. The molecule has 3 heterocycles. The quantitative estimate of drug-likeness (QED) is 0.535. The van der Waals surface area contributed by atoms with Crippen molar-refractivity contribution in [3.8, 4) is 11.4 Å². The summed E-state index contributed by atoms with van der Waals surface area (Å²) in [6.45, 7) is 0.626. The minimum Gasteiger partial charge on any atom is -0.325 e. The van der Waals surface area contributed by atoms with Crippen molar-refractivity contribution < 1.29 is 9.18 Å². The van der Waals surface area contributed by atoms with Crippen LogP contribution in [0.2, 0.25) is 0 Å². The summed E-state index contributed by atoms with van der Waals surface area (Å²) in [7, 11) is 0. The Kier molecular flexibility index (Phi) is 5.47. The average Bonchev–Trinajstić information content (AvgIpc) is 3.33. The maximum Gasteiger partial charge on any atom is 0.234 e. The Balaban J connectivity index is 1.32. The van der Waals surface area contributed by atoms with Gasteiger partial charge in [-0.1, -0.05) is 30.0 Å². The molecule has 30 heavy (non-hydrogen) atoms.